The van der Waals surface area contributed by atoms with E-state index in [4.69, 9.17) is 0 Å². The Balaban J connectivity index is 3.09. The predicted molar refractivity (Wildman–Crippen MR) is 65.8 cm³/mol. The summed E-state index contributed by atoms with van der Waals surface area (Å²) in [6, 6.07) is 3.54. The molecule has 0 bridgehead atoms. The second kappa shape index (κ2) is 5.16. The Morgan fingerprint density at radius 3 is 2.39 bits per heavy atom. The second-order valence-corrected chi connectivity index (χ2v) is 4.89. The number of carbonyl (C=O) groups excluding carboxylic acids is 2. The Morgan fingerprint density at radius 2 is 1.89 bits per heavy atom. The fourth-order valence-corrected chi connectivity index (χ4v) is 1.21. The molecule has 1 rings (SSSR count). The van der Waals surface area contributed by atoms with Crippen molar-refractivity contribution in [2.24, 2.45) is 5.41 Å². The quantitative estimate of drug-likeness (QED) is 0.824. The molecule has 1 aromatic rings. The van der Waals surface area contributed by atoms with Crippen LogP contribution in [0.3, 0.4) is 0 Å². The van der Waals surface area contributed by atoms with E-state index in [1.54, 1.807) is 20.8 Å². The lowest BCUT2D eigenvalue weighted by Crippen LogP contribution is -2.28. The Hall–Kier alpha value is -1.91. The molecule has 0 saturated carbocycles. The number of hydrogen-bond acceptors (Lipinski definition) is 3. The maximum absolute atomic E-state index is 13.1. The summed E-state index contributed by atoms with van der Waals surface area (Å²) in [5.74, 6) is -1.53. The van der Waals surface area contributed by atoms with Crippen molar-refractivity contribution in [1.82, 2.24) is 0 Å². The molecule has 0 aliphatic rings. The van der Waals surface area contributed by atoms with E-state index in [1.165, 1.54) is 19.2 Å². The van der Waals surface area contributed by atoms with E-state index < -0.39 is 17.2 Å². The zero-order valence-corrected chi connectivity index (χ0v) is 10.8. The number of nitrogens with one attached hydrogen (secondary N) is 1. The topological polar surface area (TPSA) is 55.4 Å². The molecule has 1 N–H and O–H groups in total. The molecular weight excluding hydrogens is 237 g/mol. The molecule has 0 heterocycles. The van der Waals surface area contributed by atoms with E-state index in [1.807, 2.05) is 0 Å². The molecule has 5 heteroatoms. The van der Waals surface area contributed by atoms with Gasteiger partial charge in [0, 0.05) is 5.41 Å². The van der Waals surface area contributed by atoms with Crippen molar-refractivity contribution in [2.75, 3.05) is 12.4 Å². The van der Waals surface area contributed by atoms with Crippen LogP contribution in [0.4, 0.5) is 10.1 Å². The van der Waals surface area contributed by atoms with Crippen molar-refractivity contribution in [2.45, 2.75) is 20.8 Å². The highest BCUT2D eigenvalue weighted by atomic mass is 19.1. The molecule has 4 nitrogen and oxygen atoms in total. The van der Waals surface area contributed by atoms with Gasteiger partial charge in [-0.1, -0.05) is 20.8 Å². The maximum Gasteiger partial charge on any atom is 0.340 e. The molecule has 98 valence electrons. The Kier molecular flexibility index (Phi) is 4.06. The third kappa shape index (κ3) is 3.29. The van der Waals surface area contributed by atoms with Crippen molar-refractivity contribution in [3.8, 4) is 0 Å². The van der Waals surface area contributed by atoms with Crippen LogP contribution in [-0.4, -0.2) is 19.0 Å². The van der Waals surface area contributed by atoms with Gasteiger partial charge in [-0.05, 0) is 18.2 Å². The fraction of sp³-hybridized carbons (Fsp3) is 0.385. The average Bonchev–Trinajstić information content (AvgIpc) is 2.29. The molecule has 0 saturated heterocycles. The first-order valence-corrected chi connectivity index (χ1v) is 5.45. The van der Waals surface area contributed by atoms with Crippen LogP contribution in [0.1, 0.15) is 31.1 Å². The van der Waals surface area contributed by atoms with E-state index in [2.05, 4.69) is 10.1 Å². The van der Waals surface area contributed by atoms with Crippen molar-refractivity contribution < 1.29 is 18.7 Å². The smallest absolute Gasteiger partial charge is 0.340 e. The van der Waals surface area contributed by atoms with Gasteiger partial charge >= 0.3 is 5.97 Å². The van der Waals surface area contributed by atoms with Crippen LogP contribution in [-0.2, 0) is 9.53 Å². The van der Waals surface area contributed by atoms with Crippen LogP contribution in [0.25, 0.3) is 0 Å². The molecule has 0 unspecified atom stereocenters. The summed E-state index contributed by atoms with van der Waals surface area (Å²) in [4.78, 5) is 23.3. The molecule has 0 atom stereocenters. The molecule has 0 aromatic heterocycles. The third-order valence-corrected chi connectivity index (χ3v) is 2.32. The Morgan fingerprint density at radius 1 is 1.28 bits per heavy atom. The largest absolute Gasteiger partial charge is 0.465 e. The minimum absolute atomic E-state index is 0.00454. The molecule has 0 radical (unpaired) electrons. The van der Waals surface area contributed by atoms with Gasteiger partial charge in [0.2, 0.25) is 5.91 Å². The van der Waals surface area contributed by atoms with E-state index in [9.17, 15) is 14.0 Å². The molecule has 1 amide bonds. The van der Waals surface area contributed by atoms with Crippen LogP contribution in [0.15, 0.2) is 18.2 Å². The zero-order valence-electron chi connectivity index (χ0n) is 10.8. The van der Waals surface area contributed by atoms with E-state index in [0.717, 1.165) is 6.07 Å². The Bertz CT molecular complexity index is 478. The summed E-state index contributed by atoms with van der Waals surface area (Å²) in [6.45, 7) is 5.22. The van der Waals surface area contributed by atoms with Gasteiger partial charge in [0.15, 0.2) is 0 Å². The highest BCUT2D eigenvalue weighted by Gasteiger charge is 2.23. The minimum atomic E-state index is -0.696. The number of amides is 1. The van der Waals surface area contributed by atoms with Gasteiger partial charge in [-0.2, -0.15) is 0 Å². The summed E-state index contributed by atoms with van der Waals surface area (Å²) < 4.78 is 17.6. The first-order chi connectivity index (χ1) is 8.25. The van der Waals surface area contributed by atoms with E-state index >= 15 is 0 Å². The number of benzene rings is 1. The number of methoxy groups -OCH3 is 1. The van der Waals surface area contributed by atoms with Gasteiger partial charge < -0.3 is 10.1 Å². The summed E-state index contributed by atoms with van der Waals surface area (Å²) in [6.07, 6.45) is 0. The number of esters is 1. The maximum atomic E-state index is 13.1. The lowest BCUT2D eigenvalue weighted by Gasteiger charge is -2.18. The number of anilines is 1. The number of rotatable bonds is 2. The average molecular weight is 253 g/mol. The number of hydrogen-bond donors (Lipinski definition) is 1. The SMILES string of the molecule is COC(=O)c1cc(F)ccc1NC(=O)C(C)(C)C. The van der Waals surface area contributed by atoms with Gasteiger partial charge in [0.1, 0.15) is 5.82 Å². The van der Waals surface area contributed by atoms with Gasteiger partial charge in [0.05, 0.1) is 18.4 Å². The molecule has 0 spiro atoms. The number of ether oxygens (including phenoxy) is 1. The molecular formula is C13H16FNO3. The van der Waals surface area contributed by atoms with Crippen LogP contribution in [0, 0.1) is 11.2 Å². The zero-order chi connectivity index (χ0) is 13.9. The molecule has 18 heavy (non-hydrogen) atoms. The van der Waals surface area contributed by atoms with Crippen molar-refractivity contribution in [3.63, 3.8) is 0 Å². The van der Waals surface area contributed by atoms with Gasteiger partial charge in [-0.15, -0.1) is 0 Å². The van der Waals surface area contributed by atoms with Crippen LogP contribution >= 0.6 is 0 Å². The summed E-state index contributed by atoms with van der Waals surface area (Å²) in [7, 11) is 1.20. The normalized spacial score (nSPS) is 10.9. The minimum Gasteiger partial charge on any atom is -0.465 e. The summed E-state index contributed by atoms with van der Waals surface area (Å²) in [5.41, 5.74) is -0.375. The lowest BCUT2D eigenvalue weighted by atomic mass is 9.95. The van der Waals surface area contributed by atoms with E-state index in [0.29, 0.717) is 0 Å². The van der Waals surface area contributed by atoms with E-state index in [-0.39, 0.29) is 17.2 Å². The van der Waals surface area contributed by atoms with Gasteiger partial charge in [0.25, 0.3) is 0 Å². The van der Waals surface area contributed by atoms with Gasteiger partial charge in [-0.3, -0.25) is 4.79 Å². The van der Waals surface area contributed by atoms with Crippen LogP contribution in [0.2, 0.25) is 0 Å². The van der Waals surface area contributed by atoms with Crippen molar-refractivity contribution >= 4 is 17.6 Å². The standard InChI is InChI=1S/C13H16FNO3/c1-13(2,3)12(17)15-10-6-5-8(14)7-9(10)11(16)18-4/h5-7H,1-4H3,(H,15,17). The predicted octanol–water partition coefficient (Wildman–Crippen LogP) is 2.60. The molecule has 0 fully saturated rings. The third-order valence-electron chi connectivity index (χ3n) is 2.32. The monoisotopic (exact) mass is 253 g/mol. The van der Waals surface area contributed by atoms with Crippen molar-refractivity contribution in [1.29, 1.82) is 0 Å². The highest BCUT2D eigenvalue weighted by molar-refractivity contribution is 6.02. The summed E-state index contributed by atoms with van der Waals surface area (Å²) in [5, 5.41) is 2.59. The second-order valence-electron chi connectivity index (χ2n) is 4.89. The first-order valence-electron chi connectivity index (χ1n) is 5.45. The Labute approximate surface area is 105 Å². The molecule has 0 aliphatic carbocycles. The lowest BCUT2D eigenvalue weighted by molar-refractivity contribution is -0.123. The highest BCUT2D eigenvalue weighted by Crippen LogP contribution is 2.22. The fourth-order valence-electron chi connectivity index (χ4n) is 1.21. The van der Waals surface area contributed by atoms with Crippen LogP contribution in [0.5, 0.6) is 0 Å². The first kappa shape index (κ1) is 14.2. The number of halogens is 1. The molecule has 0 aliphatic heterocycles. The van der Waals surface area contributed by atoms with Crippen molar-refractivity contribution in [3.05, 3.63) is 29.6 Å². The van der Waals surface area contributed by atoms with Crippen LogP contribution < -0.4 is 5.32 Å². The number of carbonyl (C=O) groups is 2. The van der Waals surface area contributed by atoms with Gasteiger partial charge in [-0.25, -0.2) is 9.18 Å². The summed E-state index contributed by atoms with van der Waals surface area (Å²) >= 11 is 0. The molecule has 1 aromatic carbocycles.